The van der Waals surface area contributed by atoms with Crippen LogP contribution >= 0.6 is 0 Å². The molecule has 0 atom stereocenters. The molecule has 26 heavy (non-hydrogen) atoms. The van der Waals surface area contributed by atoms with Gasteiger partial charge in [-0.15, -0.1) is 0 Å². The molecule has 1 saturated carbocycles. The zero-order valence-corrected chi connectivity index (χ0v) is 14.5. The third-order valence-corrected chi connectivity index (χ3v) is 4.73. The first-order valence-electron chi connectivity index (χ1n) is 8.92. The normalized spacial score (nSPS) is 13.5. The van der Waals surface area contributed by atoms with Crippen molar-refractivity contribution < 1.29 is 0 Å². The molecule has 4 rings (SSSR count). The van der Waals surface area contributed by atoms with Gasteiger partial charge >= 0.3 is 0 Å². The van der Waals surface area contributed by atoms with Crippen molar-refractivity contribution >= 4 is 22.9 Å². The number of para-hydroxylation sites is 2. The highest BCUT2D eigenvalue weighted by Crippen LogP contribution is 2.35. The van der Waals surface area contributed by atoms with E-state index in [1.165, 1.54) is 6.42 Å². The van der Waals surface area contributed by atoms with Gasteiger partial charge in [-0.05, 0) is 43.5 Å². The Morgan fingerprint density at radius 3 is 2.08 bits per heavy atom. The largest absolute Gasteiger partial charge is 0.381 e. The summed E-state index contributed by atoms with van der Waals surface area (Å²) < 4.78 is 0. The Morgan fingerprint density at radius 1 is 0.962 bits per heavy atom. The molecule has 0 radical (unpaired) electrons. The van der Waals surface area contributed by atoms with Crippen LogP contribution in [0.2, 0.25) is 0 Å². The molecule has 3 aromatic rings. The fraction of sp³-hybridized carbons (Fsp3) is 0.182. The maximum Gasteiger partial charge on any atom is 0.139 e. The van der Waals surface area contributed by atoms with Crippen LogP contribution in [0.1, 0.15) is 24.8 Å². The quantitative estimate of drug-likeness (QED) is 0.677. The molecule has 4 heteroatoms. The van der Waals surface area contributed by atoms with E-state index >= 15 is 0 Å². The van der Waals surface area contributed by atoms with Crippen LogP contribution in [0.25, 0.3) is 0 Å². The Labute approximate surface area is 153 Å². The third-order valence-electron chi connectivity index (χ3n) is 4.73. The molecule has 4 nitrogen and oxygen atoms in total. The molecule has 0 amide bonds. The lowest BCUT2D eigenvalue weighted by Gasteiger charge is -2.29. The van der Waals surface area contributed by atoms with Crippen molar-refractivity contribution in [2.24, 2.45) is 0 Å². The van der Waals surface area contributed by atoms with Crippen molar-refractivity contribution in [1.29, 1.82) is 5.26 Å². The van der Waals surface area contributed by atoms with Crippen LogP contribution in [0.15, 0.2) is 72.9 Å². The van der Waals surface area contributed by atoms with Gasteiger partial charge in [-0.2, -0.15) is 5.26 Å². The van der Waals surface area contributed by atoms with Gasteiger partial charge in [0.05, 0.1) is 11.3 Å². The van der Waals surface area contributed by atoms with Crippen LogP contribution in [0, 0.1) is 11.3 Å². The van der Waals surface area contributed by atoms with E-state index < -0.39 is 0 Å². The van der Waals surface area contributed by atoms with Crippen molar-refractivity contribution in [2.75, 3.05) is 10.2 Å². The molecule has 0 saturated heterocycles. The maximum absolute atomic E-state index is 9.44. The van der Waals surface area contributed by atoms with Crippen LogP contribution in [0.4, 0.5) is 22.9 Å². The number of hydrogen-bond donors (Lipinski definition) is 1. The molecule has 1 heterocycles. The predicted octanol–water partition coefficient (Wildman–Crippen LogP) is 5.39. The van der Waals surface area contributed by atoms with E-state index in [0.717, 1.165) is 35.7 Å². The fourth-order valence-corrected chi connectivity index (χ4v) is 3.12. The fourth-order valence-electron chi connectivity index (χ4n) is 3.12. The predicted molar refractivity (Wildman–Crippen MR) is 105 cm³/mol. The summed E-state index contributed by atoms with van der Waals surface area (Å²) in [6.07, 6.45) is 5.22. The first-order chi connectivity index (χ1) is 12.8. The van der Waals surface area contributed by atoms with Crippen LogP contribution in [0.5, 0.6) is 0 Å². The second-order valence-corrected chi connectivity index (χ2v) is 6.48. The van der Waals surface area contributed by atoms with Gasteiger partial charge in [-0.3, -0.25) is 4.90 Å². The second-order valence-electron chi connectivity index (χ2n) is 6.48. The maximum atomic E-state index is 9.44. The van der Waals surface area contributed by atoms with Crippen molar-refractivity contribution in [1.82, 2.24) is 4.98 Å². The Bertz CT molecular complexity index is 872. The van der Waals surface area contributed by atoms with E-state index in [4.69, 9.17) is 0 Å². The van der Waals surface area contributed by atoms with Gasteiger partial charge in [0.25, 0.3) is 0 Å². The minimum absolute atomic E-state index is 0.458. The summed E-state index contributed by atoms with van der Waals surface area (Å²) in [5.41, 5.74) is 3.51. The van der Waals surface area contributed by atoms with Crippen LogP contribution in [0.3, 0.4) is 0 Å². The lowest BCUT2D eigenvalue weighted by molar-refractivity contribution is 0.445. The highest BCUT2D eigenvalue weighted by molar-refractivity contribution is 5.77. The number of nitrogens with one attached hydrogen (secondary N) is 1. The molecule has 0 unspecified atom stereocenters. The number of pyridine rings is 1. The zero-order chi connectivity index (χ0) is 17.8. The first kappa shape index (κ1) is 16.2. The Balaban J connectivity index is 1.78. The van der Waals surface area contributed by atoms with Crippen LogP contribution in [-0.4, -0.2) is 11.0 Å². The van der Waals surface area contributed by atoms with Crippen LogP contribution in [-0.2, 0) is 0 Å². The second kappa shape index (κ2) is 7.28. The minimum Gasteiger partial charge on any atom is -0.381 e. The summed E-state index contributed by atoms with van der Waals surface area (Å²) in [5.74, 6) is 0.795. The van der Waals surface area contributed by atoms with Gasteiger partial charge in [-0.25, -0.2) is 4.98 Å². The monoisotopic (exact) mass is 340 g/mol. The lowest BCUT2D eigenvalue weighted by Crippen LogP contribution is -2.27. The van der Waals surface area contributed by atoms with Gasteiger partial charge in [-0.1, -0.05) is 36.4 Å². The van der Waals surface area contributed by atoms with E-state index in [-0.39, 0.29) is 0 Å². The number of rotatable bonds is 5. The number of nitrogens with zero attached hydrogens (tertiary/aromatic N) is 3. The van der Waals surface area contributed by atoms with Crippen molar-refractivity contribution in [3.8, 4) is 6.07 Å². The van der Waals surface area contributed by atoms with Gasteiger partial charge in [0.2, 0.25) is 0 Å². The smallest absolute Gasteiger partial charge is 0.139 e. The van der Waals surface area contributed by atoms with Gasteiger partial charge in [0, 0.05) is 29.7 Å². The summed E-state index contributed by atoms with van der Waals surface area (Å²) in [7, 11) is 0. The average molecular weight is 340 g/mol. The van der Waals surface area contributed by atoms with Gasteiger partial charge in [0.1, 0.15) is 11.9 Å². The van der Waals surface area contributed by atoms with E-state index in [1.54, 1.807) is 6.20 Å². The summed E-state index contributed by atoms with van der Waals surface area (Å²) in [4.78, 5) is 6.68. The molecule has 1 aliphatic carbocycles. The van der Waals surface area contributed by atoms with Crippen molar-refractivity contribution in [3.63, 3.8) is 0 Å². The minimum atomic E-state index is 0.458. The summed E-state index contributed by atoms with van der Waals surface area (Å²) in [6, 6.07) is 25.0. The number of nitriles is 1. The number of anilines is 4. The molecule has 1 N–H and O–H groups in total. The van der Waals surface area contributed by atoms with E-state index in [1.807, 2.05) is 42.5 Å². The summed E-state index contributed by atoms with van der Waals surface area (Å²) in [5, 5.41) is 12.9. The highest BCUT2D eigenvalue weighted by Gasteiger charge is 2.20. The molecular weight excluding hydrogens is 320 g/mol. The Morgan fingerprint density at radius 2 is 1.58 bits per heavy atom. The Kier molecular flexibility index (Phi) is 4.53. The number of aromatic nitrogens is 1. The van der Waals surface area contributed by atoms with Gasteiger partial charge < -0.3 is 5.32 Å². The summed E-state index contributed by atoms with van der Waals surface area (Å²) >= 11 is 0. The number of benzene rings is 2. The molecule has 0 bridgehead atoms. The molecule has 128 valence electrons. The molecule has 1 fully saturated rings. The van der Waals surface area contributed by atoms with Crippen LogP contribution < -0.4 is 10.2 Å². The summed E-state index contributed by atoms with van der Waals surface area (Å²) in [6.45, 7) is 0. The zero-order valence-electron chi connectivity index (χ0n) is 14.5. The molecular formula is C22H20N4. The standard InChI is InChI=1S/C22H20N4/c23-15-17-16-24-22(14-21(17)25-18-8-7-9-18)26(19-10-3-1-4-11-19)20-12-5-2-6-13-20/h1-6,10-14,16,18H,7-9H2,(H,24,25). The van der Waals surface area contributed by atoms with E-state index in [0.29, 0.717) is 11.6 Å². The highest BCUT2D eigenvalue weighted by atomic mass is 15.2. The molecule has 2 aromatic carbocycles. The van der Waals surface area contributed by atoms with Crippen molar-refractivity contribution in [3.05, 3.63) is 78.5 Å². The molecule has 0 aliphatic heterocycles. The van der Waals surface area contributed by atoms with Crippen molar-refractivity contribution in [2.45, 2.75) is 25.3 Å². The van der Waals surface area contributed by atoms with Gasteiger partial charge in [0.15, 0.2) is 0 Å². The first-order valence-corrected chi connectivity index (χ1v) is 8.92. The number of hydrogen-bond acceptors (Lipinski definition) is 4. The average Bonchev–Trinajstić information content (AvgIpc) is 2.67. The topological polar surface area (TPSA) is 52.0 Å². The Hall–Kier alpha value is -3.32. The van der Waals surface area contributed by atoms with E-state index in [2.05, 4.69) is 45.5 Å². The SMILES string of the molecule is N#Cc1cnc(N(c2ccccc2)c2ccccc2)cc1NC1CCC1. The third kappa shape index (κ3) is 3.25. The molecule has 1 aliphatic rings. The molecule has 0 spiro atoms. The lowest BCUT2D eigenvalue weighted by atomic mass is 9.93. The van der Waals surface area contributed by atoms with E-state index in [9.17, 15) is 5.26 Å². The molecule has 1 aromatic heterocycles.